The van der Waals surface area contributed by atoms with E-state index in [1.54, 1.807) is 24.3 Å². The number of likely N-dealkylation sites (tertiary alicyclic amines) is 1. The van der Waals surface area contributed by atoms with Gasteiger partial charge in [0.25, 0.3) is 5.91 Å². The maximum atomic E-state index is 12.5. The molecule has 1 atom stereocenters. The lowest BCUT2D eigenvalue weighted by atomic mass is 10.0. The molecule has 1 unspecified atom stereocenters. The molecule has 0 aliphatic carbocycles. The van der Waals surface area contributed by atoms with Crippen LogP contribution in [0.25, 0.3) is 0 Å². The number of benzene rings is 2. The Morgan fingerprint density at radius 3 is 2.54 bits per heavy atom. The van der Waals surface area contributed by atoms with Crippen LogP contribution in [0.5, 0.6) is 0 Å². The Bertz CT molecular complexity index is 733. The molecule has 2 aromatic carbocycles. The molecule has 124 valence electrons. The average molecular weight is 343 g/mol. The van der Waals surface area contributed by atoms with E-state index in [0.29, 0.717) is 10.6 Å². The molecule has 1 aliphatic rings. The van der Waals surface area contributed by atoms with Gasteiger partial charge in [-0.25, -0.2) is 0 Å². The van der Waals surface area contributed by atoms with Gasteiger partial charge in [-0.1, -0.05) is 54.1 Å². The Kier molecular flexibility index (Phi) is 5.16. The Morgan fingerprint density at radius 1 is 1.08 bits per heavy atom. The van der Waals surface area contributed by atoms with Crippen molar-refractivity contribution >= 4 is 23.4 Å². The summed E-state index contributed by atoms with van der Waals surface area (Å²) in [6.07, 6.45) is 1.93. The topological polar surface area (TPSA) is 49.4 Å². The molecule has 0 spiro atoms. The van der Waals surface area contributed by atoms with E-state index in [4.69, 9.17) is 11.6 Å². The first-order valence-electron chi connectivity index (χ1n) is 8.04. The highest BCUT2D eigenvalue weighted by atomic mass is 35.5. The summed E-state index contributed by atoms with van der Waals surface area (Å²) in [4.78, 5) is 26.5. The fourth-order valence-electron chi connectivity index (χ4n) is 3.08. The van der Waals surface area contributed by atoms with E-state index in [0.717, 1.165) is 24.9 Å². The summed E-state index contributed by atoms with van der Waals surface area (Å²) in [5.74, 6) is -0.397. The van der Waals surface area contributed by atoms with Gasteiger partial charge < -0.3 is 10.2 Å². The second kappa shape index (κ2) is 7.49. The molecule has 1 heterocycles. The van der Waals surface area contributed by atoms with E-state index in [-0.39, 0.29) is 24.4 Å². The van der Waals surface area contributed by atoms with Crippen molar-refractivity contribution in [3.8, 4) is 0 Å². The second-order valence-electron chi connectivity index (χ2n) is 5.82. The van der Waals surface area contributed by atoms with Gasteiger partial charge in [-0.2, -0.15) is 0 Å². The third-order valence-electron chi connectivity index (χ3n) is 4.28. The molecular weight excluding hydrogens is 324 g/mol. The Hall–Kier alpha value is -2.33. The van der Waals surface area contributed by atoms with Crippen molar-refractivity contribution in [1.82, 2.24) is 10.2 Å². The molecule has 24 heavy (non-hydrogen) atoms. The summed E-state index contributed by atoms with van der Waals surface area (Å²) < 4.78 is 0. The molecule has 1 aliphatic heterocycles. The van der Waals surface area contributed by atoms with Crippen molar-refractivity contribution in [3.63, 3.8) is 0 Å². The molecule has 0 bridgehead atoms. The van der Waals surface area contributed by atoms with E-state index < -0.39 is 0 Å². The number of nitrogens with one attached hydrogen (secondary N) is 1. The van der Waals surface area contributed by atoms with Crippen LogP contribution in [-0.4, -0.2) is 29.8 Å². The molecule has 3 rings (SSSR count). The zero-order chi connectivity index (χ0) is 16.9. The third kappa shape index (κ3) is 3.60. The lowest BCUT2D eigenvalue weighted by Crippen LogP contribution is -2.39. The van der Waals surface area contributed by atoms with Crippen LogP contribution in [0.15, 0.2) is 54.6 Å². The van der Waals surface area contributed by atoms with E-state index in [1.165, 1.54) is 0 Å². The average Bonchev–Trinajstić information content (AvgIpc) is 3.10. The van der Waals surface area contributed by atoms with Gasteiger partial charge in [0.1, 0.15) is 0 Å². The van der Waals surface area contributed by atoms with E-state index in [9.17, 15) is 9.59 Å². The largest absolute Gasteiger partial charge is 0.343 e. The molecule has 2 amide bonds. The predicted octanol–water partition coefficient (Wildman–Crippen LogP) is 3.43. The monoisotopic (exact) mass is 342 g/mol. The number of amides is 2. The van der Waals surface area contributed by atoms with Crippen LogP contribution in [0, 0.1) is 0 Å². The van der Waals surface area contributed by atoms with Gasteiger partial charge in [-0.05, 0) is 30.5 Å². The van der Waals surface area contributed by atoms with E-state index >= 15 is 0 Å². The first-order valence-corrected chi connectivity index (χ1v) is 8.42. The van der Waals surface area contributed by atoms with Gasteiger partial charge in [-0.3, -0.25) is 9.59 Å². The Balaban J connectivity index is 1.62. The molecule has 0 aromatic heterocycles. The highest BCUT2D eigenvalue weighted by molar-refractivity contribution is 6.33. The zero-order valence-electron chi connectivity index (χ0n) is 13.2. The number of hydrogen-bond acceptors (Lipinski definition) is 2. The van der Waals surface area contributed by atoms with Gasteiger partial charge in [0.15, 0.2) is 0 Å². The molecule has 1 fully saturated rings. The minimum Gasteiger partial charge on any atom is -0.343 e. The van der Waals surface area contributed by atoms with Crippen LogP contribution < -0.4 is 5.32 Å². The molecular formula is C19H19ClN2O2. The van der Waals surface area contributed by atoms with Crippen LogP contribution in [0.3, 0.4) is 0 Å². The maximum Gasteiger partial charge on any atom is 0.253 e. The smallest absolute Gasteiger partial charge is 0.253 e. The summed E-state index contributed by atoms with van der Waals surface area (Å²) in [5.41, 5.74) is 1.52. The number of hydrogen-bond donors (Lipinski definition) is 1. The molecule has 0 radical (unpaired) electrons. The first-order chi connectivity index (χ1) is 11.7. The van der Waals surface area contributed by atoms with Crippen molar-refractivity contribution in [2.75, 3.05) is 13.1 Å². The maximum absolute atomic E-state index is 12.5. The van der Waals surface area contributed by atoms with Crippen molar-refractivity contribution in [1.29, 1.82) is 0 Å². The van der Waals surface area contributed by atoms with Crippen molar-refractivity contribution in [3.05, 3.63) is 70.7 Å². The molecule has 4 nitrogen and oxygen atoms in total. The molecule has 1 saturated heterocycles. The summed E-state index contributed by atoms with van der Waals surface area (Å²) in [6, 6.07) is 16.9. The van der Waals surface area contributed by atoms with Crippen LogP contribution in [0.4, 0.5) is 0 Å². The standard InChI is InChI=1S/C19H19ClN2O2/c20-16-10-5-4-9-15(16)19(24)21-13-18(23)22-12-6-11-17(22)14-7-2-1-3-8-14/h1-5,7-10,17H,6,11-13H2,(H,21,24). The fraction of sp³-hybridized carbons (Fsp3) is 0.263. The van der Waals surface area contributed by atoms with E-state index in [1.807, 2.05) is 35.2 Å². The van der Waals surface area contributed by atoms with Gasteiger partial charge in [0, 0.05) is 6.54 Å². The highest BCUT2D eigenvalue weighted by Gasteiger charge is 2.29. The normalized spacial score (nSPS) is 16.9. The Labute approximate surface area is 146 Å². The quantitative estimate of drug-likeness (QED) is 0.925. The summed E-state index contributed by atoms with van der Waals surface area (Å²) in [7, 11) is 0. The van der Waals surface area contributed by atoms with Crippen LogP contribution in [-0.2, 0) is 4.79 Å². The molecule has 5 heteroatoms. The van der Waals surface area contributed by atoms with E-state index in [2.05, 4.69) is 5.32 Å². The second-order valence-corrected chi connectivity index (χ2v) is 6.23. The third-order valence-corrected chi connectivity index (χ3v) is 4.61. The summed E-state index contributed by atoms with van der Waals surface area (Å²) in [5, 5.41) is 3.05. The van der Waals surface area contributed by atoms with Crippen LogP contribution in [0.1, 0.15) is 34.8 Å². The predicted molar refractivity (Wildman–Crippen MR) is 93.9 cm³/mol. The zero-order valence-corrected chi connectivity index (χ0v) is 14.0. The fourth-order valence-corrected chi connectivity index (χ4v) is 3.31. The van der Waals surface area contributed by atoms with Gasteiger partial charge in [-0.15, -0.1) is 0 Å². The van der Waals surface area contributed by atoms with Crippen molar-refractivity contribution in [2.24, 2.45) is 0 Å². The highest BCUT2D eigenvalue weighted by Crippen LogP contribution is 2.31. The number of halogens is 1. The lowest BCUT2D eigenvalue weighted by molar-refractivity contribution is -0.131. The number of carbonyl (C=O) groups excluding carboxylic acids is 2. The molecule has 0 saturated carbocycles. The number of nitrogens with zero attached hydrogens (tertiary/aromatic N) is 1. The minimum absolute atomic E-state index is 0.0204. The molecule has 1 N–H and O–H groups in total. The van der Waals surface area contributed by atoms with Gasteiger partial charge in [0.2, 0.25) is 5.91 Å². The Morgan fingerprint density at radius 2 is 1.79 bits per heavy atom. The van der Waals surface area contributed by atoms with Crippen molar-refractivity contribution < 1.29 is 9.59 Å². The molecule has 2 aromatic rings. The summed E-state index contributed by atoms with van der Waals surface area (Å²) >= 11 is 6.01. The minimum atomic E-state index is -0.329. The van der Waals surface area contributed by atoms with Crippen LogP contribution >= 0.6 is 11.6 Å². The number of rotatable bonds is 4. The first kappa shape index (κ1) is 16.5. The van der Waals surface area contributed by atoms with Gasteiger partial charge >= 0.3 is 0 Å². The number of carbonyl (C=O) groups is 2. The van der Waals surface area contributed by atoms with Gasteiger partial charge in [0.05, 0.1) is 23.2 Å². The van der Waals surface area contributed by atoms with Crippen LogP contribution in [0.2, 0.25) is 5.02 Å². The van der Waals surface area contributed by atoms with Crippen molar-refractivity contribution in [2.45, 2.75) is 18.9 Å². The summed E-state index contributed by atoms with van der Waals surface area (Å²) in [6.45, 7) is 0.702. The SMILES string of the molecule is O=C(NCC(=O)N1CCCC1c1ccccc1)c1ccccc1Cl. The lowest BCUT2D eigenvalue weighted by Gasteiger charge is -2.25.